The molecule has 0 spiro atoms. The van der Waals surface area contributed by atoms with Gasteiger partial charge in [-0.15, -0.1) is 0 Å². The molecule has 1 aromatic heterocycles. The Hall–Kier alpha value is -2.71. The van der Waals surface area contributed by atoms with Crippen LogP contribution in [0.1, 0.15) is 22.5 Å². The molecule has 0 unspecified atom stereocenters. The molecule has 1 aromatic carbocycles. The van der Waals surface area contributed by atoms with Crippen LogP contribution < -0.4 is 5.32 Å². The molecule has 5 heteroatoms. The van der Waals surface area contributed by atoms with Crippen molar-refractivity contribution in [3.8, 4) is 11.8 Å². The fraction of sp³-hybridized carbons (Fsp3) is 0.125. The van der Waals surface area contributed by atoms with Crippen molar-refractivity contribution < 1.29 is 14.3 Å². The molecule has 2 rings (SSSR count). The van der Waals surface area contributed by atoms with E-state index in [0.717, 1.165) is 0 Å². The minimum Gasteiger partial charge on any atom is -0.395 e. The van der Waals surface area contributed by atoms with Crippen molar-refractivity contribution in [3.63, 3.8) is 0 Å². The third kappa shape index (κ3) is 4.41. The van der Waals surface area contributed by atoms with Gasteiger partial charge in [-0.05, 0) is 36.4 Å². The number of anilines is 1. The number of aliphatic hydroxyl groups is 1. The average molecular weight is 284 g/mol. The van der Waals surface area contributed by atoms with Gasteiger partial charge in [0.25, 0.3) is 5.91 Å². The molecule has 1 amide bonds. The Labute approximate surface area is 121 Å². The van der Waals surface area contributed by atoms with Crippen molar-refractivity contribution in [2.45, 2.75) is 6.42 Å². The lowest BCUT2D eigenvalue weighted by Gasteiger charge is -2.04. The number of amides is 1. The largest absolute Gasteiger partial charge is 0.395 e. The van der Waals surface area contributed by atoms with Gasteiger partial charge in [0.05, 0.1) is 6.61 Å². The zero-order valence-electron chi connectivity index (χ0n) is 11.1. The van der Waals surface area contributed by atoms with Gasteiger partial charge in [-0.3, -0.25) is 4.79 Å². The molecule has 2 N–H and O–H groups in total. The maximum absolute atomic E-state index is 12.8. The van der Waals surface area contributed by atoms with E-state index in [4.69, 9.17) is 5.11 Å². The first-order valence-corrected chi connectivity index (χ1v) is 6.32. The van der Waals surface area contributed by atoms with Crippen LogP contribution in [0.25, 0.3) is 0 Å². The molecule has 2 aromatic rings. The first-order valence-electron chi connectivity index (χ1n) is 6.32. The first-order chi connectivity index (χ1) is 10.2. The summed E-state index contributed by atoms with van der Waals surface area (Å²) in [7, 11) is 0. The Bertz CT molecular complexity index is 670. The Morgan fingerprint density at radius 2 is 2.00 bits per heavy atom. The molecule has 4 nitrogen and oxygen atoms in total. The normalized spacial score (nSPS) is 9.62. The number of carbonyl (C=O) groups excluding carboxylic acids is 1. The lowest BCUT2D eigenvalue weighted by atomic mass is 10.2. The van der Waals surface area contributed by atoms with E-state index in [1.807, 2.05) is 0 Å². The van der Waals surface area contributed by atoms with Gasteiger partial charge in [0.1, 0.15) is 11.5 Å². The van der Waals surface area contributed by atoms with Crippen LogP contribution >= 0.6 is 0 Å². The zero-order chi connectivity index (χ0) is 15.1. The fourth-order valence-electron chi connectivity index (χ4n) is 1.55. The number of benzene rings is 1. The van der Waals surface area contributed by atoms with Gasteiger partial charge < -0.3 is 10.4 Å². The number of aromatic nitrogens is 1. The van der Waals surface area contributed by atoms with E-state index in [1.54, 1.807) is 12.1 Å². The number of carbonyl (C=O) groups is 1. The van der Waals surface area contributed by atoms with Crippen LogP contribution in [0.3, 0.4) is 0 Å². The maximum atomic E-state index is 12.8. The third-order valence-electron chi connectivity index (χ3n) is 2.57. The lowest BCUT2D eigenvalue weighted by molar-refractivity contribution is 0.102. The zero-order valence-corrected chi connectivity index (χ0v) is 11.1. The molecule has 0 bridgehead atoms. The fourth-order valence-corrected chi connectivity index (χ4v) is 1.55. The van der Waals surface area contributed by atoms with Gasteiger partial charge >= 0.3 is 0 Å². The Morgan fingerprint density at radius 1 is 1.24 bits per heavy atom. The van der Waals surface area contributed by atoms with Crippen LogP contribution in [-0.4, -0.2) is 22.6 Å². The summed E-state index contributed by atoms with van der Waals surface area (Å²) in [6.07, 6.45) is 1.89. The van der Waals surface area contributed by atoms with Gasteiger partial charge in [0.15, 0.2) is 0 Å². The van der Waals surface area contributed by atoms with Crippen LogP contribution in [0.5, 0.6) is 0 Å². The number of pyridine rings is 1. The van der Waals surface area contributed by atoms with Crippen molar-refractivity contribution in [1.29, 1.82) is 0 Å². The highest BCUT2D eigenvalue weighted by Gasteiger charge is 2.07. The van der Waals surface area contributed by atoms with E-state index in [-0.39, 0.29) is 24.0 Å². The lowest BCUT2D eigenvalue weighted by Crippen LogP contribution is -2.13. The molecule has 1 heterocycles. The van der Waals surface area contributed by atoms with Crippen LogP contribution in [0.2, 0.25) is 0 Å². The highest BCUT2D eigenvalue weighted by atomic mass is 19.1. The summed E-state index contributed by atoms with van der Waals surface area (Å²) in [5.74, 6) is 4.85. The van der Waals surface area contributed by atoms with Crippen molar-refractivity contribution in [2.75, 3.05) is 11.9 Å². The number of hydrogen-bond donors (Lipinski definition) is 2. The number of rotatable bonds is 3. The summed E-state index contributed by atoms with van der Waals surface area (Å²) in [5.41, 5.74) is 1.41. The number of nitrogens with one attached hydrogen (secondary N) is 1. The number of hydrogen-bond acceptors (Lipinski definition) is 3. The summed E-state index contributed by atoms with van der Waals surface area (Å²) in [6, 6.07) is 8.72. The molecule has 0 aliphatic carbocycles. The third-order valence-corrected chi connectivity index (χ3v) is 2.57. The molecular formula is C16H13FN2O2. The smallest absolute Gasteiger partial charge is 0.274 e. The standard InChI is InChI=1S/C16H13FN2O2/c17-13-5-7-14(8-6-13)19-16(21)15-9-4-12(11-18-15)3-1-2-10-20/h4-9,11,20H,2,10H2,(H,19,21). The van der Waals surface area contributed by atoms with Gasteiger partial charge in [0, 0.05) is 23.9 Å². The highest BCUT2D eigenvalue weighted by molar-refractivity contribution is 6.02. The predicted molar refractivity (Wildman–Crippen MR) is 77.2 cm³/mol. The quantitative estimate of drug-likeness (QED) is 0.849. The molecule has 106 valence electrons. The number of aliphatic hydroxyl groups excluding tert-OH is 1. The Balaban J connectivity index is 2.03. The summed E-state index contributed by atoms with van der Waals surface area (Å²) in [6.45, 7) is 0.0125. The van der Waals surface area contributed by atoms with E-state index >= 15 is 0 Å². The number of halogens is 1. The molecule has 0 aliphatic heterocycles. The van der Waals surface area contributed by atoms with Crippen molar-refractivity contribution >= 4 is 11.6 Å². The van der Waals surface area contributed by atoms with Gasteiger partial charge in [-0.2, -0.15) is 0 Å². The molecule has 0 radical (unpaired) electrons. The summed E-state index contributed by atoms with van der Waals surface area (Å²) < 4.78 is 12.8. The molecule has 0 fully saturated rings. The highest BCUT2D eigenvalue weighted by Crippen LogP contribution is 2.10. The van der Waals surface area contributed by atoms with E-state index < -0.39 is 0 Å². The molecule has 0 atom stereocenters. The van der Waals surface area contributed by atoms with Crippen LogP contribution in [0.4, 0.5) is 10.1 Å². The van der Waals surface area contributed by atoms with E-state index in [2.05, 4.69) is 22.1 Å². The summed E-state index contributed by atoms with van der Waals surface area (Å²) in [5, 5.41) is 11.2. The molecule has 0 saturated heterocycles. The van der Waals surface area contributed by atoms with Crippen molar-refractivity contribution in [1.82, 2.24) is 4.98 Å². The average Bonchev–Trinajstić information content (AvgIpc) is 2.50. The maximum Gasteiger partial charge on any atom is 0.274 e. The van der Waals surface area contributed by atoms with Gasteiger partial charge in [0.2, 0.25) is 0 Å². The van der Waals surface area contributed by atoms with Gasteiger partial charge in [-0.25, -0.2) is 9.37 Å². The predicted octanol–water partition coefficient (Wildman–Crippen LogP) is 2.21. The SMILES string of the molecule is O=C(Nc1ccc(F)cc1)c1ccc(C#CCCO)cn1. The number of nitrogens with zero attached hydrogens (tertiary/aromatic N) is 1. The van der Waals surface area contributed by atoms with E-state index in [0.29, 0.717) is 17.7 Å². The van der Waals surface area contributed by atoms with Crippen LogP contribution in [0, 0.1) is 17.7 Å². The first kappa shape index (κ1) is 14.7. The minimum atomic E-state index is -0.378. The molecule has 21 heavy (non-hydrogen) atoms. The molecule has 0 saturated carbocycles. The van der Waals surface area contributed by atoms with Gasteiger partial charge in [-0.1, -0.05) is 11.8 Å². The van der Waals surface area contributed by atoms with E-state index in [9.17, 15) is 9.18 Å². The second-order valence-electron chi connectivity index (χ2n) is 4.17. The Kier molecular flexibility index (Phi) is 5.02. The second kappa shape index (κ2) is 7.17. The van der Waals surface area contributed by atoms with Crippen LogP contribution in [0.15, 0.2) is 42.6 Å². The van der Waals surface area contributed by atoms with Crippen LogP contribution in [-0.2, 0) is 0 Å². The van der Waals surface area contributed by atoms with Crippen molar-refractivity contribution in [2.24, 2.45) is 0 Å². The topological polar surface area (TPSA) is 62.2 Å². The van der Waals surface area contributed by atoms with Crippen molar-refractivity contribution in [3.05, 3.63) is 59.7 Å². The second-order valence-corrected chi connectivity index (χ2v) is 4.17. The Morgan fingerprint density at radius 3 is 2.62 bits per heavy atom. The monoisotopic (exact) mass is 284 g/mol. The van der Waals surface area contributed by atoms with E-state index in [1.165, 1.54) is 30.5 Å². The summed E-state index contributed by atoms with van der Waals surface area (Å²) >= 11 is 0. The molecular weight excluding hydrogens is 271 g/mol. The molecule has 0 aliphatic rings. The summed E-state index contributed by atoms with van der Waals surface area (Å²) in [4.78, 5) is 16.0. The minimum absolute atomic E-state index is 0.0125.